The Balaban J connectivity index is 1.91. The number of phenols is 1. The summed E-state index contributed by atoms with van der Waals surface area (Å²) in [6.45, 7) is 6.38. The van der Waals surface area contributed by atoms with Crippen LogP contribution in [-0.4, -0.2) is 10.9 Å². The van der Waals surface area contributed by atoms with Gasteiger partial charge in [-0.15, -0.1) is 0 Å². The van der Waals surface area contributed by atoms with Gasteiger partial charge in [0.05, 0.1) is 5.69 Å². The van der Waals surface area contributed by atoms with Crippen molar-refractivity contribution >= 4 is 11.5 Å². The molecule has 1 aromatic carbocycles. The number of phenolic OH excluding ortho intramolecular Hbond substituents is 1. The second-order valence-corrected chi connectivity index (χ2v) is 6.21. The number of aromatic hydroxyl groups is 1. The molecule has 2 atom stereocenters. The van der Waals surface area contributed by atoms with E-state index >= 15 is 0 Å². The maximum atomic E-state index is 12.1. The summed E-state index contributed by atoms with van der Waals surface area (Å²) in [6.07, 6.45) is 0.673. The maximum Gasteiger partial charge on any atom is 0.161 e. The molecule has 0 heterocycles. The van der Waals surface area contributed by atoms with Crippen molar-refractivity contribution in [2.24, 2.45) is 17.3 Å². The van der Waals surface area contributed by atoms with Gasteiger partial charge >= 0.3 is 0 Å². The molecule has 2 aliphatic carbocycles. The van der Waals surface area contributed by atoms with Crippen LogP contribution in [0, 0.1) is 17.3 Å². The van der Waals surface area contributed by atoms with Crippen molar-refractivity contribution in [2.75, 3.05) is 5.32 Å². The molecular weight excluding hydrogens is 238 g/mol. The molecule has 1 aromatic rings. The Labute approximate surface area is 113 Å². The second kappa shape index (κ2) is 3.86. The van der Waals surface area contributed by atoms with E-state index in [0.717, 1.165) is 11.3 Å². The zero-order chi connectivity index (χ0) is 13.8. The normalized spacial score (nSPS) is 29.9. The summed E-state index contributed by atoms with van der Waals surface area (Å²) in [5.41, 5.74) is 2.72. The lowest BCUT2D eigenvalue weighted by Crippen LogP contribution is -2.12. The van der Waals surface area contributed by atoms with Crippen molar-refractivity contribution < 1.29 is 9.90 Å². The van der Waals surface area contributed by atoms with E-state index in [9.17, 15) is 9.90 Å². The van der Waals surface area contributed by atoms with Crippen LogP contribution in [0.5, 0.6) is 5.75 Å². The summed E-state index contributed by atoms with van der Waals surface area (Å²) >= 11 is 0. The highest BCUT2D eigenvalue weighted by atomic mass is 16.3. The summed E-state index contributed by atoms with van der Waals surface area (Å²) in [7, 11) is 0. The molecule has 0 bridgehead atoms. The minimum Gasteiger partial charge on any atom is -0.506 e. The van der Waals surface area contributed by atoms with Crippen molar-refractivity contribution in [3.8, 4) is 5.75 Å². The van der Waals surface area contributed by atoms with Crippen LogP contribution in [0.4, 0.5) is 5.69 Å². The molecular formula is C16H19NO2. The number of hydrogen-bond donors (Lipinski definition) is 2. The summed E-state index contributed by atoms with van der Waals surface area (Å²) in [4.78, 5) is 12.1. The van der Waals surface area contributed by atoms with Crippen LogP contribution < -0.4 is 5.32 Å². The number of Topliss-reactive ketones (excluding diaryl/α,β-unsaturated/α-hetero) is 1. The molecule has 0 amide bonds. The van der Waals surface area contributed by atoms with Gasteiger partial charge < -0.3 is 10.4 Å². The van der Waals surface area contributed by atoms with E-state index in [4.69, 9.17) is 0 Å². The molecule has 0 saturated heterocycles. The topological polar surface area (TPSA) is 49.3 Å². The Morgan fingerprint density at radius 3 is 2.68 bits per heavy atom. The first kappa shape index (κ1) is 12.3. The first-order valence-electron chi connectivity index (χ1n) is 6.72. The van der Waals surface area contributed by atoms with Crippen molar-refractivity contribution in [3.63, 3.8) is 0 Å². The number of ketones is 1. The van der Waals surface area contributed by atoms with Crippen LogP contribution in [0.25, 0.3) is 0 Å². The fourth-order valence-corrected chi connectivity index (χ4v) is 3.47. The summed E-state index contributed by atoms with van der Waals surface area (Å²) < 4.78 is 0. The molecule has 2 unspecified atom stereocenters. The third-order valence-electron chi connectivity index (χ3n) is 4.70. The van der Waals surface area contributed by atoms with Gasteiger partial charge in [0.15, 0.2) is 5.78 Å². The summed E-state index contributed by atoms with van der Waals surface area (Å²) in [6, 6.07) is 7.10. The standard InChI is InChI=1S/C16H19NO2/c1-9(17-11-6-4-5-7-12(11)18)14-13(19)8-10-15(14)16(10,2)3/h4-7,10,15,17-18H,8H2,1-3H3/b14-9+. The number of hydrogen-bond acceptors (Lipinski definition) is 3. The molecule has 0 aromatic heterocycles. The number of anilines is 1. The van der Waals surface area contributed by atoms with Gasteiger partial charge in [0.2, 0.25) is 0 Å². The monoisotopic (exact) mass is 257 g/mol. The minimum atomic E-state index is 0.208. The van der Waals surface area contributed by atoms with Crippen molar-refractivity contribution in [1.29, 1.82) is 0 Å². The van der Waals surface area contributed by atoms with Crippen molar-refractivity contribution in [1.82, 2.24) is 0 Å². The maximum absolute atomic E-state index is 12.1. The highest BCUT2D eigenvalue weighted by Gasteiger charge is 2.65. The number of carbonyl (C=O) groups is 1. The van der Waals surface area contributed by atoms with Crippen molar-refractivity contribution in [3.05, 3.63) is 35.5 Å². The smallest absolute Gasteiger partial charge is 0.161 e. The Morgan fingerprint density at radius 2 is 2.05 bits per heavy atom. The van der Waals surface area contributed by atoms with Gasteiger partial charge in [-0.05, 0) is 36.3 Å². The average Bonchev–Trinajstić information content (AvgIpc) is 2.72. The Bertz CT molecular complexity index is 586. The van der Waals surface area contributed by atoms with Gasteiger partial charge in [0.1, 0.15) is 5.75 Å². The van der Waals surface area contributed by atoms with Gasteiger partial charge in [0, 0.05) is 17.7 Å². The molecule has 3 nitrogen and oxygen atoms in total. The molecule has 3 heteroatoms. The van der Waals surface area contributed by atoms with Crippen LogP contribution in [-0.2, 0) is 4.79 Å². The Hall–Kier alpha value is -1.77. The number of carbonyl (C=O) groups excluding carboxylic acids is 1. The van der Waals surface area contributed by atoms with E-state index in [2.05, 4.69) is 19.2 Å². The number of para-hydroxylation sites is 2. The lowest BCUT2D eigenvalue weighted by molar-refractivity contribution is -0.115. The molecule has 0 radical (unpaired) electrons. The highest BCUT2D eigenvalue weighted by molar-refractivity contribution is 6.01. The number of allylic oxidation sites excluding steroid dienone is 2. The fraction of sp³-hybridized carbons (Fsp3) is 0.438. The van der Waals surface area contributed by atoms with Crippen LogP contribution in [0.15, 0.2) is 35.5 Å². The zero-order valence-corrected chi connectivity index (χ0v) is 11.5. The van der Waals surface area contributed by atoms with E-state index in [0.29, 0.717) is 23.9 Å². The molecule has 3 rings (SSSR count). The van der Waals surface area contributed by atoms with Gasteiger partial charge in [-0.3, -0.25) is 4.79 Å². The quantitative estimate of drug-likeness (QED) is 0.631. The first-order chi connectivity index (χ1) is 8.93. The summed E-state index contributed by atoms with van der Waals surface area (Å²) in [5.74, 6) is 1.36. The zero-order valence-electron chi connectivity index (χ0n) is 11.5. The number of nitrogens with one attached hydrogen (secondary N) is 1. The van der Waals surface area contributed by atoms with Gasteiger partial charge in [-0.1, -0.05) is 26.0 Å². The van der Waals surface area contributed by atoms with E-state index < -0.39 is 0 Å². The van der Waals surface area contributed by atoms with Crippen molar-refractivity contribution in [2.45, 2.75) is 27.2 Å². The van der Waals surface area contributed by atoms with Crippen LogP contribution in [0.2, 0.25) is 0 Å². The third-order valence-corrected chi connectivity index (χ3v) is 4.70. The van der Waals surface area contributed by atoms with E-state index in [1.54, 1.807) is 12.1 Å². The predicted octanol–water partition coefficient (Wildman–Crippen LogP) is 3.32. The first-order valence-corrected chi connectivity index (χ1v) is 6.72. The fourth-order valence-electron chi connectivity index (χ4n) is 3.47. The largest absolute Gasteiger partial charge is 0.506 e. The summed E-state index contributed by atoms with van der Waals surface area (Å²) in [5, 5.41) is 13.0. The molecule has 2 saturated carbocycles. The lowest BCUT2D eigenvalue weighted by Gasteiger charge is -2.15. The van der Waals surface area contributed by atoms with Gasteiger partial charge in [-0.2, -0.15) is 0 Å². The van der Waals surface area contributed by atoms with Crippen LogP contribution >= 0.6 is 0 Å². The average molecular weight is 257 g/mol. The number of benzene rings is 1. The highest BCUT2D eigenvalue weighted by Crippen LogP contribution is 2.68. The van der Waals surface area contributed by atoms with E-state index in [-0.39, 0.29) is 16.9 Å². The van der Waals surface area contributed by atoms with Gasteiger partial charge in [-0.25, -0.2) is 0 Å². The van der Waals surface area contributed by atoms with E-state index in [1.165, 1.54) is 0 Å². The Morgan fingerprint density at radius 1 is 1.37 bits per heavy atom. The minimum absolute atomic E-state index is 0.208. The lowest BCUT2D eigenvalue weighted by atomic mass is 9.95. The molecule has 100 valence electrons. The molecule has 2 aliphatic rings. The van der Waals surface area contributed by atoms with Crippen LogP contribution in [0.1, 0.15) is 27.2 Å². The van der Waals surface area contributed by atoms with Crippen LogP contribution in [0.3, 0.4) is 0 Å². The molecule has 0 spiro atoms. The van der Waals surface area contributed by atoms with E-state index in [1.807, 2.05) is 19.1 Å². The third kappa shape index (κ3) is 1.76. The SMILES string of the molecule is C/C(Nc1ccccc1O)=C1/C(=O)CC2C1C2(C)C. The molecule has 0 aliphatic heterocycles. The van der Waals surface area contributed by atoms with Gasteiger partial charge in [0.25, 0.3) is 0 Å². The number of fused-ring (bicyclic) bond motifs is 1. The second-order valence-electron chi connectivity index (χ2n) is 6.21. The molecule has 19 heavy (non-hydrogen) atoms. The molecule has 2 N–H and O–H groups in total. The predicted molar refractivity (Wildman–Crippen MR) is 74.8 cm³/mol. The Kier molecular flexibility index (Phi) is 2.49. The molecule has 2 fully saturated rings. The number of rotatable bonds is 2.